The summed E-state index contributed by atoms with van der Waals surface area (Å²) in [5, 5.41) is 12.8. The Morgan fingerprint density at radius 3 is 2.58 bits per heavy atom. The Morgan fingerprint density at radius 2 is 2.11 bits per heavy atom. The number of nitrogens with zero attached hydrogens (tertiary/aromatic N) is 2. The summed E-state index contributed by atoms with van der Waals surface area (Å²) in [6.45, 7) is 10.2. The largest absolute Gasteiger partial charge is 0.383 e. The molecule has 0 aromatic rings. The lowest BCUT2D eigenvalue weighted by Gasteiger charge is -2.29. The highest BCUT2D eigenvalue weighted by molar-refractivity contribution is 5.07. The molecular formula is C15H29N3O. The van der Waals surface area contributed by atoms with Crippen LogP contribution in [0.5, 0.6) is 0 Å². The third-order valence-electron chi connectivity index (χ3n) is 3.51. The number of nitrogens with one attached hydrogen (secondary N) is 1. The second kappa shape index (κ2) is 7.84. The van der Waals surface area contributed by atoms with E-state index < -0.39 is 0 Å². The summed E-state index contributed by atoms with van der Waals surface area (Å²) in [5.41, 5.74) is -0.385. The van der Waals surface area contributed by atoms with Crippen molar-refractivity contribution in [2.24, 2.45) is 5.92 Å². The third kappa shape index (κ3) is 6.91. The van der Waals surface area contributed by atoms with Gasteiger partial charge in [-0.2, -0.15) is 5.26 Å². The van der Waals surface area contributed by atoms with E-state index in [1.54, 1.807) is 7.11 Å². The van der Waals surface area contributed by atoms with Crippen LogP contribution in [-0.4, -0.2) is 49.8 Å². The molecule has 4 heteroatoms. The van der Waals surface area contributed by atoms with Gasteiger partial charge in [0.05, 0.1) is 12.7 Å². The van der Waals surface area contributed by atoms with Gasteiger partial charge in [-0.05, 0) is 32.1 Å². The van der Waals surface area contributed by atoms with Crippen molar-refractivity contribution in [3.63, 3.8) is 0 Å². The Morgan fingerprint density at radius 1 is 1.42 bits per heavy atom. The molecule has 0 aliphatic heterocycles. The van der Waals surface area contributed by atoms with E-state index in [4.69, 9.17) is 4.74 Å². The summed E-state index contributed by atoms with van der Waals surface area (Å²) >= 11 is 0. The van der Waals surface area contributed by atoms with Crippen LogP contribution in [0.3, 0.4) is 0 Å². The minimum absolute atomic E-state index is 0.385. The number of nitriles is 1. The Bertz CT molecular complexity index is 296. The topological polar surface area (TPSA) is 48.3 Å². The molecule has 1 saturated carbocycles. The van der Waals surface area contributed by atoms with E-state index >= 15 is 0 Å². The number of ether oxygens (including phenoxy) is 1. The Labute approximate surface area is 118 Å². The fraction of sp³-hybridized carbons (Fsp3) is 0.933. The summed E-state index contributed by atoms with van der Waals surface area (Å²) in [6, 6.07) is 3.02. The quantitative estimate of drug-likeness (QED) is 0.658. The second-order valence-electron chi connectivity index (χ2n) is 6.30. The van der Waals surface area contributed by atoms with Gasteiger partial charge < -0.3 is 9.64 Å². The molecule has 0 aromatic heterocycles. The van der Waals surface area contributed by atoms with Crippen LogP contribution in [0.1, 0.15) is 40.0 Å². The molecule has 110 valence electrons. The molecule has 0 spiro atoms. The van der Waals surface area contributed by atoms with Crippen LogP contribution in [0.15, 0.2) is 0 Å². The van der Waals surface area contributed by atoms with E-state index in [1.165, 1.54) is 12.8 Å². The molecule has 1 aliphatic carbocycles. The first-order valence-electron chi connectivity index (χ1n) is 7.39. The van der Waals surface area contributed by atoms with Crippen molar-refractivity contribution in [3.8, 4) is 6.07 Å². The minimum Gasteiger partial charge on any atom is -0.383 e. The molecular weight excluding hydrogens is 238 g/mol. The maximum absolute atomic E-state index is 9.38. The van der Waals surface area contributed by atoms with E-state index in [0.717, 1.165) is 32.7 Å². The third-order valence-corrected chi connectivity index (χ3v) is 3.51. The molecule has 1 rings (SSSR count). The van der Waals surface area contributed by atoms with Crippen LogP contribution in [-0.2, 0) is 4.74 Å². The van der Waals surface area contributed by atoms with Crippen molar-refractivity contribution >= 4 is 0 Å². The average molecular weight is 267 g/mol. The zero-order chi connectivity index (χ0) is 14.3. The molecule has 1 fully saturated rings. The number of hydrogen-bond donors (Lipinski definition) is 1. The van der Waals surface area contributed by atoms with Crippen LogP contribution < -0.4 is 5.32 Å². The predicted octanol–water partition coefficient (Wildman–Crippen LogP) is 2.02. The maximum atomic E-state index is 9.38. The molecule has 0 heterocycles. The van der Waals surface area contributed by atoms with Crippen molar-refractivity contribution in [2.45, 2.75) is 51.6 Å². The van der Waals surface area contributed by atoms with E-state index in [9.17, 15) is 5.26 Å². The zero-order valence-electron chi connectivity index (χ0n) is 12.9. The van der Waals surface area contributed by atoms with Crippen molar-refractivity contribution in [2.75, 3.05) is 33.4 Å². The summed E-state index contributed by atoms with van der Waals surface area (Å²) in [6.07, 6.45) is 3.31. The number of hydrogen-bond acceptors (Lipinski definition) is 4. The van der Waals surface area contributed by atoms with Gasteiger partial charge in [0.1, 0.15) is 5.54 Å². The monoisotopic (exact) mass is 267 g/mol. The molecule has 1 N–H and O–H groups in total. The molecule has 4 nitrogen and oxygen atoms in total. The molecule has 1 aliphatic rings. The highest BCUT2D eigenvalue weighted by Crippen LogP contribution is 2.24. The van der Waals surface area contributed by atoms with Gasteiger partial charge in [0.15, 0.2) is 0 Å². The van der Waals surface area contributed by atoms with Gasteiger partial charge in [0, 0.05) is 32.8 Å². The van der Waals surface area contributed by atoms with Crippen LogP contribution in [0.25, 0.3) is 0 Å². The molecule has 0 amide bonds. The van der Waals surface area contributed by atoms with E-state index in [1.807, 2.05) is 6.92 Å². The highest BCUT2D eigenvalue weighted by atomic mass is 16.5. The minimum atomic E-state index is -0.385. The number of rotatable bonds is 10. The lowest BCUT2D eigenvalue weighted by Crippen LogP contribution is -2.45. The lowest BCUT2D eigenvalue weighted by atomic mass is 9.99. The summed E-state index contributed by atoms with van der Waals surface area (Å²) < 4.78 is 5.16. The van der Waals surface area contributed by atoms with Gasteiger partial charge in [-0.25, -0.2) is 0 Å². The molecule has 19 heavy (non-hydrogen) atoms. The standard InChI is InChI=1S/C15H29N3O/c1-13(2)11-18(9-10-19-4)8-7-15(3,12-16)17-14-5-6-14/h13-14,17H,5-11H2,1-4H3. The fourth-order valence-corrected chi connectivity index (χ4v) is 2.25. The van der Waals surface area contributed by atoms with E-state index in [-0.39, 0.29) is 5.54 Å². The van der Waals surface area contributed by atoms with Crippen molar-refractivity contribution < 1.29 is 4.74 Å². The van der Waals surface area contributed by atoms with E-state index in [0.29, 0.717) is 12.0 Å². The molecule has 0 radical (unpaired) electrons. The van der Waals surface area contributed by atoms with Gasteiger partial charge in [-0.3, -0.25) is 5.32 Å². The molecule has 0 aromatic carbocycles. The first-order chi connectivity index (χ1) is 8.99. The van der Waals surface area contributed by atoms with Crippen molar-refractivity contribution in [3.05, 3.63) is 0 Å². The first kappa shape index (κ1) is 16.4. The fourth-order valence-electron chi connectivity index (χ4n) is 2.25. The van der Waals surface area contributed by atoms with Crippen LogP contribution in [0, 0.1) is 17.2 Å². The lowest BCUT2D eigenvalue weighted by molar-refractivity contribution is 0.134. The molecule has 1 atom stereocenters. The van der Waals surface area contributed by atoms with Gasteiger partial charge in [0.25, 0.3) is 0 Å². The summed E-state index contributed by atoms with van der Waals surface area (Å²) in [4.78, 5) is 2.40. The smallest absolute Gasteiger partial charge is 0.105 e. The molecule has 0 bridgehead atoms. The summed E-state index contributed by atoms with van der Waals surface area (Å²) in [5.74, 6) is 0.640. The van der Waals surface area contributed by atoms with E-state index in [2.05, 4.69) is 30.1 Å². The first-order valence-corrected chi connectivity index (χ1v) is 7.39. The van der Waals surface area contributed by atoms with Crippen LogP contribution in [0.2, 0.25) is 0 Å². The molecule has 0 saturated heterocycles. The van der Waals surface area contributed by atoms with Crippen LogP contribution in [0.4, 0.5) is 0 Å². The second-order valence-corrected chi connectivity index (χ2v) is 6.30. The van der Waals surface area contributed by atoms with Gasteiger partial charge in [-0.15, -0.1) is 0 Å². The van der Waals surface area contributed by atoms with Gasteiger partial charge in [0.2, 0.25) is 0 Å². The average Bonchev–Trinajstić information content (AvgIpc) is 3.16. The maximum Gasteiger partial charge on any atom is 0.105 e. The summed E-state index contributed by atoms with van der Waals surface area (Å²) in [7, 11) is 1.74. The highest BCUT2D eigenvalue weighted by Gasteiger charge is 2.32. The Hall–Kier alpha value is -0.630. The predicted molar refractivity (Wildman–Crippen MR) is 77.9 cm³/mol. The van der Waals surface area contributed by atoms with Crippen LogP contribution >= 0.6 is 0 Å². The molecule has 1 unspecified atom stereocenters. The SMILES string of the molecule is COCCN(CCC(C)(C#N)NC1CC1)CC(C)C. The Balaban J connectivity index is 2.40. The number of methoxy groups -OCH3 is 1. The van der Waals surface area contributed by atoms with Crippen molar-refractivity contribution in [1.82, 2.24) is 10.2 Å². The van der Waals surface area contributed by atoms with Gasteiger partial charge >= 0.3 is 0 Å². The normalized spacial score (nSPS) is 18.6. The Kier molecular flexibility index (Phi) is 6.78. The zero-order valence-corrected chi connectivity index (χ0v) is 12.9. The van der Waals surface area contributed by atoms with Crippen molar-refractivity contribution in [1.29, 1.82) is 5.26 Å². The van der Waals surface area contributed by atoms with Gasteiger partial charge in [-0.1, -0.05) is 13.8 Å².